The van der Waals surface area contributed by atoms with Crippen molar-refractivity contribution in [2.45, 2.75) is 6.54 Å². The van der Waals surface area contributed by atoms with Gasteiger partial charge in [-0.2, -0.15) is 0 Å². The maximum Gasteiger partial charge on any atom is 0.299 e. The second kappa shape index (κ2) is 5.00. The van der Waals surface area contributed by atoms with Crippen LogP contribution in [0.15, 0.2) is 41.1 Å². The highest BCUT2D eigenvalue weighted by Gasteiger charge is 2.35. The van der Waals surface area contributed by atoms with Crippen molar-refractivity contribution in [3.8, 4) is 0 Å². The Balaban J connectivity index is 1.99. The van der Waals surface area contributed by atoms with Gasteiger partial charge in [0.25, 0.3) is 11.7 Å². The molecule has 1 aromatic carbocycles. The molecule has 6 heteroatoms. The summed E-state index contributed by atoms with van der Waals surface area (Å²) in [7, 11) is 0. The maximum absolute atomic E-state index is 12.1. The predicted octanol–water partition coefficient (Wildman–Crippen LogP) is 3.23. The van der Waals surface area contributed by atoms with Gasteiger partial charge in [0.15, 0.2) is 0 Å². The average Bonchev–Trinajstić information content (AvgIpc) is 2.64. The fraction of sp³-hybridized carbons (Fsp3) is 0.0714. The van der Waals surface area contributed by atoms with Crippen LogP contribution in [0.3, 0.4) is 0 Å². The highest BCUT2D eigenvalue weighted by Crippen LogP contribution is 2.32. The van der Waals surface area contributed by atoms with E-state index in [1.165, 1.54) is 11.0 Å². The molecule has 1 amide bonds. The fourth-order valence-electron chi connectivity index (χ4n) is 2.15. The first-order valence-electron chi connectivity index (χ1n) is 5.81. The number of hydrogen-bond donors (Lipinski definition) is 0. The number of nitrogens with zero attached hydrogens (tertiary/aromatic N) is 2. The average molecular weight is 352 g/mol. The standard InChI is InChI=1S/C14H8BrClN2O2/c15-9-3-8(5-17-6-9)7-18-12-2-1-10(16)4-11(12)13(19)14(18)20/h1-6H,7H2. The maximum atomic E-state index is 12.1. The summed E-state index contributed by atoms with van der Waals surface area (Å²) >= 11 is 9.20. The quantitative estimate of drug-likeness (QED) is 0.781. The Bertz CT molecular complexity index is 733. The first-order valence-corrected chi connectivity index (χ1v) is 6.98. The summed E-state index contributed by atoms with van der Waals surface area (Å²) in [5, 5.41) is 0.441. The van der Waals surface area contributed by atoms with Crippen LogP contribution in [0.25, 0.3) is 0 Å². The fourth-order valence-corrected chi connectivity index (χ4v) is 2.74. The van der Waals surface area contributed by atoms with E-state index >= 15 is 0 Å². The second-order valence-electron chi connectivity index (χ2n) is 4.39. The molecule has 0 bridgehead atoms. The van der Waals surface area contributed by atoms with Gasteiger partial charge in [0.05, 0.1) is 17.8 Å². The number of fused-ring (bicyclic) bond motifs is 1. The minimum absolute atomic E-state index is 0.297. The minimum Gasteiger partial charge on any atom is -0.300 e. The van der Waals surface area contributed by atoms with Crippen molar-refractivity contribution in [3.05, 3.63) is 57.3 Å². The Morgan fingerprint density at radius 1 is 1.20 bits per heavy atom. The van der Waals surface area contributed by atoms with Gasteiger partial charge in [-0.3, -0.25) is 14.6 Å². The lowest BCUT2D eigenvalue weighted by Gasteiger charge is -2.16. The number of pyridine rings is 1. The van der Waals surface area contributed by atoms with Crippen molar-refractivity contribution in [2.24, 2.45) is 0 Å². The molecule has 0 aliphatic carbocycles. The third-order valence-corrected chi connectivity index (χ3v) is 3.70. The first-order chi connectivity index (χ1) is 9.56. The van der Waals surface area contributed by atoms with Crippen LogP contribution in [-0.4, -0.2) is 16.7 Å². The van der Waals surface area contributed by atoms with Gasteiger partial charge < -0.3 is 4.90 Å². The second-order valence-corrected chi connectivity index (χ2v) is 5.75. The SMILES string of the molecule is O=C1C(=O)N(Cc2cncc(Br)c2)c2ccc(Cl)cc21. The molecule has 3 rings (SSSR count). The number of carbonyl (C=O) groups is 2. The summed E-state index contributed by atoms with van der Waals surface area (Å²) in [6, 6.07) is 6.74. The van der Waals surface area contributed by atoms with Crippen molar-refractivity contribution < 1.29 is 9.59 Å². The summed E-state index contributed by atoms with van der Waals surface area (Å²) in [5.41, 5.74) is 1.78. The molecule has 20 heavy (non-hydrogen) atoms. The molecule has 2 heterocycles. The van der Waals surface area contributed by atoms with E-state index in [2.05, 4.69) is 20.9 Å². The molecule has 2 aromatic rings. The van der Waals surface area contributed by atoms with Crippen LogP contribution >= 0.6 is 27.5 Å². The smallest absolute Gasteiger partial charge is 0.299 e. The van der Waals surface area contributed by atoms with Crippen LogP contribution < -0.4 is 4.90 Å². The molecule has 0 radical (unpaired) electrons. The molecule has 0 fully saturated rings. The number of hydrogen-bond acceptors (Lipinski definition) is 3. The van der Waals surface area contributed by atoms with E-state index < -0.39 is 11.7 Å². The van der Waals surface area contributed by atoms with Crippen LogP contribution in [0.5, 0.6) is 0 Å². The zero-order valence-electron chi connectivity index (χ0n) is 10.1. The summed E-state index contributed by atoms with van der Waals surface area (Å²) in [6.45, 7) is 0.297. The third-order valence-electron chi connectivity index (χ3n) is 3.04. The predicted molar refractivity (Wildman–Crippen MR) is 78.9 cm³/mol. The molecule has 0 N–H and O–H groups in total. The molecular weight excluding hydrogens is 344 g/mol. The molecule has 1 aliphatic rings. The number of carbonyl (C=O) groups excluding carboxylic acids is 2. The van der Waals surface area contributed by atoms with Gasteiger partial charge in [0.1, 0.15) is 0 Å². The van der Waals surface area contributed by atoms with Gasteiger partial charge in [-0.15, -0.1) is 0 Å². The van der Waals surface area contributed by atoms with Gasteiger partial charge in [0.2, 0.25) is 0 Å². The molecule has 0 atom stereocenters. The van der Waals surface area contributed by atoms with E-state index in [1.807, 2.05) is 6.07 Å². The lowest BCUT2D eigenvalue weighted by atomic mass is 10.1. The van der Waals surface area contributed by atoms with Crippen LogP contribution in [0, 0.1) is 0 Å². The zero-order valence-corrected chi connectivity index (χ0v) is 12.5. The largest absolute Gasteiger partial charge is 0.300 e. The highest BCUT2D eigenvalue weighted by molar-refractivity contribution is 9.10. The van der Waals surface area contributed by atoms with Gasteiger partial charge in [-0.25, -0.2) is 0 Å². The van der Waals surface area contributed by atoms with Crippen molar-refractivity contribution in [1.29, 1.82) is 0 Å². The lowest BCUT2D eigenvalue weighted by Crippen LogP contribution is -2.29. The molecule has 0 saturated carbocycles. The van der Waals surface area contributed by atoms with Gasteiger partial charge >= 0.3 is 0 Å². The Kier molecular flexibility index (Phi) is 3.31. The summed E-state index contributed by atoms with van der Waals surface area (Å²) < 4.78 is 0.823. The molecular formula is C14H8BrClN2O2. The number of halogens is 2. The van der Waals surface area contributed by atoms with Crippen LogP contribution in [0.1, 0.15) is 15.9 Å². The minimum atomic E-state index is -0.540. The zero-order chi connectivity index (χ0) is 14.3. The molecule has 0 unspecified atom stereocenters. The topological polar surface area (TPSA) is 50.3 Å². The number of amides is 1. The number of aromatic nitrogens is 1. The van der Waals surface area contributed by atoms with Crippen molar-refractivity contribution in [2.75, 3.05) is 4.90 Å². The Labute approximate surface area is 128 Å². The third kappa shape index (κ3) is 2.23. The van der Waals surface area contributed by atoms with E-state index in [0.717, 1.165) is 10.0 Å². The molecule has 0 saturated heterocycles. The molecule has 1 aromatic heterocycles. The number of benzene rings is 1. The first kappa shape index (κ1) is 13.3. The number of ketones is 1. The molecule has 1 aliphatic heterocycles. The van der Waals surface area contributed by atoms with Gasteiger partial charge in [0, 0.05) is 21.9 Å². The molecule has 4 nitrogen and oxygen atoms in total. The van der Waals surface area contributed by atoms with E-state index in [9.17, 15) is 9.59 Å². The Morgan fingerprint density at radius 3 is 2.75 bits per heavy atom. The normalized spacial score (nSPS) is 13.8. The number of Topliss-reactive ketones (excluding diaryl/α,β-unsaturated/α-hetero) is 1. The number of anilines is 1. The Morgan fingerprint density at radius 2 is 2.00 bits per heavy atom. The summed E-state index contributed by atoms with van der Waals surface area (Å²) in [6.07, 6.45) is 3.32. The monoisotopic (exact) mass is 350 g/mol. The van der Waals surface area contributed by atoms with E-state index in [-0.39, 0.29) is 0 Å². The number of rotatable bonds is 2. The van der Waals surface area contributed by atoms with Gasteiger partial charge in [-0.05, 0) is 45.8 Å². The summed E-state index contributed by atoms with van der Waals surface area (Å²) in [4.78, 5) is 29.5. The molecule has 0 spiro atoms. The molecule has 100 valence electrons. The van der Waals surface area contributed by atoms with E-state index in [1.54, 1.807) is 24.5 Å². The van der Waals surface area contributed by atoms with Crippen molar-refractivity contribution >= 4 is 44.9 Å². The van der Waals surface area contributed by atoms with Crippen molar-refractivity contribution in [1.82, 2.24) is 4.98 Å². The highest BCUT2D eigenvalue weighted by atomic mass is 79.9. The summed E-state index contributed by atoms with van der Waals surface area (Å²) in [5.74, 6) is -1.06. The lowest BCUT2D eigenvalue weighted by molar-refractivity contribution is -0.114. The van der Waals surface area contributed by atoms with Crippen LogP contribution in [0.4, 0.5) is 5.69 Å². The Hall–Kier alpha value is -1.72. The van der Waals surface area contributed by atoms with E-state index in [0.29, 0.717) is 22.8 Å². The van der Waals surface area contributed by atoms with Gasteiger partial charge in [-0.1, -0.05) is 11.6 Å². The van der Waals surface area contributed by atoms with Crippen LogP contribution in [0.2, 0.25) is 5.02 Å². The van der Waals surface area contributed by atoms with Crippen molar-refractivity contribution in [3.63, 3.8) is 0 Å². The van der Waals surface area contributed by atoms with Crippen LogP contribution in [-0.2, 0) is 11.3 Å². The van der Waals surface area contributed by atoms with E-state index in [4.69, 9.17) is 11.6 Å².